The van der Waals surface area contributed by atoms with Gasteiger partial charge in [0.05, 0.1) is 23.6 Å². The lowest BCUT2D eigenvalue weighted by molar-refractivity contribution is -0.144. The second-order valence-electron chi connectivity index (χ2n) is 6.62. The highest BCUT2D eigenvalue weighted by Crippen LogP contribution is 2.43. The molecule has 1 aliphatic rings. The van der Waals surface area contributed by atoms with Gasteiger partial charge < -0.3 is 20.3 Å². The molecular formula is C19H24Cl2N2O4. The van der Waals surface area contributed by atoms with Crippen LogP contribution in [0.2, 0.25) is 5.02 Å². The molecule has 3 N–H and O–H groups in total. The van der Waals surface area contributed by atoms with Crippen molar-refractivity contribution in [3.63, 3.8) is 0 Å². The Morgan fingerprint density at radius 1 is 1.48 bits per heavy atom. The predicted octanol–water partition coefficient (Wildman–Crippen LogP) is 3.09. The van der Waals surface area contributed by atoms with Crippen molar-refractivity contribution in [2.45, 2.75) is 18.8 Å². The first-order valence-corrected chi connectivity index (χ1v) is 9.11. The maximum absolute atomic E-state index is 11.8. The van der Waals surface area contributed by atoms with Crippen LogP contribution in [-0.2, 0) is 4.79 Å². The Balaban J connectivity index is 0.00000261. The van der Waals surface area contributed by atoms with Crippen LogP contribution in [0.5, 0.6) is 5.75 Å². The first-order chi connectivity index (χ1) is 12.6. The number of methoxy groups -OCH3 is 1. The summed E-state index contributed by atoms with van der Waals surface area (Å²) in [6.07, 6.45) is 2.77. The van der Waals surface area contributed by atoms with Crippen LogP contribution < -0.4 is 10.1 Å². The number of hydrogen-bond acceptors (Lipinski definition) is 5. The number of benzene rings is 1. The van der Waals surface area contributed by atoms with Gasteiger partial charge in [-0.3, -0.25) is 9.78 Å². The average Bonchev–Trinajstić information content (AvgIpc) is 2.66. The van der Waals surface area contributed by atoms with Gasteiger partial charge in [0, 0.05) is 24.7 Å². The zero-order valence-electron chi connectivity index (χ0n) is 15.0. The fraction of sp³-hybridized carbons (Fsp3) is 0.474. The molecular weight excluding hydrogens is 391 g/mol. The van der Waals surface area contributed by atoms with Gasteiger partial charge in [0.2, 0.25) is 0 Å². The highest BCUT2D eigenvalue weighted by atomic mass is 35.5. The quantitative estimate of drug-likeness (QED) is 0.672. The lowest BCUT2D eigenvalue weighted by Gasteiger charge is -2.36. The van der Waals surface area contributed by atoms with Crippen LogP contribution in [0.15, 0.2) is 24.4 Å². The van der Waals surface area contributed by atoms with E-state index in [9.17, 15) is 15.0 Å². The van der Waals surface area contributed by atoms with Crippen molar-refractivity contribution in [1.29, 1.82) is 0 Å². The molecule has 27 heavy (non-hydrogen) atoms. The number of carboxylic acid groups (broad SMARTS) is 1. The van der Waals surface area contributed by atoms with Gasteiger partial charge in [0.1, 0.15) is 5.75 Å². The normalized spacial score (nSPS) is 20.7. The average molecular weight is 415 g/mol. The van der Waals surface area contributed by atoms with Crippen molar-refractivity contribution in [3.8, 4) is 5.75 Å². The molecule has 1 fully saturated rings. The highest BCUT2D eigenvalue weighted by Gasteiger charge is 2.38. The number of piperidine rings is 1. The first-order valence-electron chi connectivity index (χ1n) is 8.73. The molecule has 0 saturated carbocycles. The van der Waals surface area contributed by atoms with Crippen molar-refractivity contribution < 1.29 is 19.7 Å². The van der Waals surface area contributed by atoms with Gasteiger partial charge in [0.15, 0.2) is 0 Å². The van der Waals surface area contributed by atoms with E-state index in [0.29, 0.717) is 30.2 Å². The third kappa shape index (κ3) is 4.46. The summed E-state index contributed by atoms with van der Waals surface area (Å²) in [5.74, 6) is -0.948. The van der Waals surface area contributed by atoms with Gasteiger partial charge in [-0.25, -0.2) is 0 Å². The van der Waals surface area contributed by atoms with Crippen molar-refractivity contribution in [1.82, 2.24) is 10.3 Å². The number of carboxylic acids is 1. The molecule has 0 spiro atoms. The minimum absolute atomic E-state index is 0. The number of ether oxygens (including phenoxy) is 1. The predicted molar refractivity (Wildman–Crippen MR) is 107 cm³/mol. The summed E-state index contributed by atoms with van der Waals surface area (Å²) in [7, 11) is 1.59. The molecule has 2 aromatic rings. The second kappa shape index (κ2) is 9.55. The molecule has 6 nitrogen and oxygen atoms in total. The standard InChI is InChI=1S/C19H23ClN2O4.ClH/c1-26-11-2-3-17-14(8-11)18(16(20)10-22-17)13(5-7-23)12-4-6-21-9-15(12)19(24)25;/h2-3,8,10,12-13,15,21,23H,4-7,9H2,1H3,(H,24,25);1H. The van der Waals surface area contributed by atoms with Crippen LogP contribution >= 0.6 is 24.0 Å². The molecule has 3 rings (SSSR count). The smallest absolute Gasteiger partial charge is 0.308 e. The van der Waals surface area contributed by atoms with Crippen molar-refractivity contribution in [3.05, 3.63) is 35.0 Å². The molecule has 1 aromatic heterocycles. The molecule has 0 radical (unpaired) electrons. The number of aliphatic hydroxyl groups excluding tert-OH is 1. The van der Waals surface area contributed by atoms with E-state index in [0.717, 1.165) is 23.0 Å². The Bertz CT molecular complexity index is 803. The van der Waals surface area contributed by atoms with Gasteiger partial charge in [-0.05, 0) is 55.0 Å². The summed E-state index contributed by atoms with van der Waals surface area (Å²) in [6.45, 7) is 1.14. The minimum Gasteiger partial charge on any atom is -0.497 e. The van der Waals surface area contributed by atoms with E-state index in [1.165, 1.54) is 0 Å². The second-order valence-corrected chi connectivity index (χ2v) is 7.03. The van der Waals surface area contributed by atoms with Gasteiger partial charge in [0.25, 0.3) is 0 Å². The lowest BCUT2D eigenvalue weighted by Crippen LogP contribution is -2.43. The Hall–Kier alpha value is -1.60. The Kier molecular flexibility index (Phi) is 7.68. The summed E-state index contributed by atoms with van der Waals surface area (Å²) in [5.41, 5.74) is 1.62. The summed E-state index contributed by atoms with van der Waals surface area (Å²) in [6, 6.07) is 5.57. The van der Waals surface area contributed by atoms with E-state index < -0.39 is 11.9 Å². The molecule has 0 aliphatic carbocycles. The molecule has 0 amide bonds. The maximum atomic E-state index is 11.8. The van der Waals surface area contributed by atoms with E-state index in [1.807, 2.05) is 18.2 Å². The molecule has 1 aliphatic heterocycles. The molecule has 1 aromatic carbocycles. The zero-order chi connectivity index (χ0) is 18.7. The van der Waals surface area contributed by atoms with E-state index >= 15 is 0 Å². The van der Waals surface area contributed by atoms with Crippen LogP contribution in [0, 0.1) is 11.8 Å². The Morgan fingerprint density at radius 2 is 2.26 bits per heavy atom. The number of aliphatic hydroxyl groups is 1. The lowest BCUT2D eigenvalue weighted by atomic mass is 9.72. The van der Waals surface area contributed by atoms with Gasteiger partial charge >= 0.3 is 5.97 Å². The van der Waals surface area contributed by atoms with E-state index in [4.69, 9.17) is 16.3 Å². The Labute approximate surface area is 169 Å². The highest BCUT2D eigenvalue weighted by molar-refractivity contribution is 6.32. The number of fused-ring (bicyclic) bond motifs is 1. The van der Waals surface area contributed by atoms with E-state index in [1.54, 1.807) is 13.3 Å². The van der Waals surface area contributed by atoms with Crippen LogP contribution in [0.1, 0.15) is 24.3 Å². The third-order valence-electron chi connectivity index (χ3n) is 5.25. The number of rotatable bonds is 6. The monoisotopic (exact) mass is 414 g/mol. The summed E-state index contributed by atoms with van der Waals surface area (Å²) in [5, 5.41) is 23.8. The van der Waals surface area contributed by atoms with Gasteiger partial charge in [-0.2, -0.15) is 0 Å². The fourth-order valence-electron chi connectivity index (χ4n) is 4.01. The van der Waals surface area contributed by atoms with E-state index in [-0.39, 0.29) is 30.8 Å². The number of aliphatic carboxylic acids is 1. The molecule has 3 atom stereocenters. The SMILES string of the molecule is COc1ccc2ncc(Cl)c(C(CCO)C3CCNCC3C(=O)O)c2c1.Cl. The number of nitrogens with one attached hydrogen (secondary N) is 1. The van der Waals surface area contributed by atoms with Gasteiger partial charge in [-0.15, -0.1) is 12.4 Å². The number of carbonyl (C=O) groups is 1. The third-order valence-corrected chi connectivity index (χ3v) is 5.55. The molecule has 8 heteroatoms. The molecule has 3 unspecified atom stereocenters. The van der Waals surface area contributed by atoms with Crippen LogP contribution in [0.25, 0.3) is 10.9 Å². The summed E-state index contributed by atoms with van der Waals surface area (Å²) in [4.78, 5) is 16.2. The van der Waals surface area contributed by atoms with Crippen LogP contribution in [0.4, 0.5) is 0 Å². The topological polar surface area (TPSA) is 91.7 Å². The number of aromatic nitrogens is 1. The molecule has 148 valence electrons. The maximum Gasteiger partial charge on any atom is 0.308 e. The number of pyridine rings is 1. The molecule has 0 bridgehead atoms. The first kappa shape index (κ1) is 21.7. The van der Waals surface area contributed by atoms with Crippen molar-refractivity contribution in [2.24, 2.45) is 11.8 Å². The molecule has 1 saturated heterocycles. The summed E-state index contributed by atoms with van der Waals surface area (Å²) >= 11 is 6.53. The van der Waals surface area contributed by atoms with Crippen molar-refractivity contribution >= 4 is 40.9 Å². The van der Waals surface area contributed by atoms with Gasteiger partial charge in [-0.1, -0.05) is 11.6 Å². The number of halogens is 2. The number of hydrogen-bond donors (Lipinski definition) is 3. The van der Waals surface area contributed by atoms with Crippen LogP contribution in [0.3, 0.4) is 0 Å². The minimum atomic E-state index is -0.822. The van der Waals surface area contributed by atoms with Crippen LogP contribution in [-0.4, -0.2) is 48.0 Å². The van der Waals surface area contributed by atoms with Crippen molar-refractivity contribution in [2.75, 3.05) is 26.8 Å². The Morgan fingerprint density at radius 3 is 2.93 bits per heavy atom. The number of nitrogens with zero attached hydrogens (tertiary/aromatic N) is 1. The zero-order valence-corrected chi connectivity index (χ0v) is 16.6. The fourth-order valence-corrected chi connectivity index (χ4v) is 4.30. The van der Waals surface area contributed by atoms with E-state index in [2.05, 4.69) is 10.3 Å². The summed E-state index contributed by atoms with van der Waals surface area (Å²) < 4.78 is 5.34. The largest absolute Gasteiger partial charge is 0.497 e. The molecule has 2 heterocycles.